The highest BCUT2D eigenvalue weighted by Gasteiger charge is 2.05. The fraction of sp³-hybridized carbons (Fsp3) is 1.00. The Kier molecular flexibility index (Phi) is 5.00. The number of nitrogens with one attached hydrogen (secondary N) is 1. The van der Waals surface area contributed by atoms with Crippen molar-refractivity contribution in [2.24, 2.45) is 0 Å². The Bertz CT molecular complexity index is 95.1. The Hall–Kier alpha value is 0.110. The lowest BCUT2D eigenvalue weighted by molar-refractivity contribution is 0.665. The van der Waals surface area contributed by atoms with Crippen LogP contribution < -0.4 is 5.32 Å². The molecule has 2 unspecified atom stereocenters. The van der Waals surface area contributed by atoms with Crippen LogP contribution in [0.1, 0.15) is 13.8 Å². The molecule has 3 heteroatoms. The first kappa shape index (κ1) is 9.11. The lowest BCUT2D eigenvalue weighted by atomic mass is 10.5. The quantitative estimate of drug-likeness (QED) is 0.625. The molecule has 2 nitrogen and oxygen atoms in total. The highest BCUT2D eigenvalue weighted by Crippen LogP contribution is 1.92. The zero-order valence-corrected chi connectivity index (χ0v) is 7.12. The number of hydrogen-bond acceptors (Lipinski definition) is 2. The highest BCUT2D eigenvalue weighted by atomic mass is 32.2. The van der Waals surface area contributed by atoms with Gasteiger partial charge in [0.25, 0.3) is 0 Å². The van der Waals surface area contributed by atoms with Gasteiger partial charge in [-0.1, -0.05) is 6.92 Å². The molecule has 0 radical (unpaired) electrons. The summed E-state index contributed by atoms with van der Waals surface area (Å²) in [5.74, 6) is 0.767. The molecular formula is C6H15NOS. The fourth-order valence-corrected chi connectivity index (χ4v) is 1.59. The van der Waals surface area contributed by atoms with Crippen LogP contribution in [-0.2, 0) is 10.8 Å². The molecule has 0 saturated carbocycles. The minimum absolute atomic E-state index is 0.292. The number of hydrogen-bond donors (Lipinski definition) is 1. The molecule has 0 aliphatic heterocycles. The fourth-order valence-electron chi connectivity index (χ4n) is 0.665. The smallest absolute Gasteiger partial charge is 0.0444 e. The van der Waals surface area contributed by atoms with Crippen LogP contribution in [0.25, 0.3) is 0 Å². The molecule has 9 heavy (non-hydrogen) atoms. The Morgan fingerprint density at radius 1 is 1.67 bits per heavy atom. The maximum atomic E-state index is 11.0. The van der Waals surface area contributed by atoms with Gasteiger partial charge >= 0.3 is 0 Å². The van der Waals surface area contributed by atoms with Crippen molar-refractivity contribution in [2.45, 2.75) is 19.1 Å². The normalized spacial score (nSPS) is 17.2. The predicted octanol–water partition coefficient (Wildman–Crippen LogP) is 0.363. The maximum Gasteiger partial charge on any atom is 0.0444 e. The van der Waals surface area contributed by atoms with Crippen molar-refractivity contribution in [2.75, 3.05) is 19.3 Å². The summed E-state index contributed by atoms with van der Waals surface area (Å²) in [5, 5.41) is 3.28. The van der Waals surface area contributed by atoms with Crippen molar-refractivity contribution in [3.63, 3.8) is 0 Å². The van der Waals surface area contributed by atoms with Crippen LogP contribution in [0.4, 0.5) is 0 Å². The molecule has 0 fully saturated rings. The standard InChI is InChI=1S/C6H15NOS/c1-4-9(8)6(2)5-7-3/h6-7H,4-5H2,1-3H3. The van der Waals surface area contributed by atoms with Crippen LogP contribution in [0.15, 0.2) is 0 Å². The van der Waals surface area contributed by atoms with E-state index < -0.39 is 10.8 Å². The Labute approximate surface area is 59.5 Å². The third-order valence-electron chi connectivity index (χ3n) is 1.22. The summed E-state index contributed by atoms with van der Waals surface area (Å²) in [6, 6.07) is 0. The van der Waals surface area contributed by atoms with Gasteiger partial charge in [-0.25, -0.2) is 0 Å². The molecule has 1 N–H and O–H groups in total. The summed E-state index contributed by atoms with van der Waals surface area (Å²) in [6.07, 6.45) is 0. The summed E-state index contributed by atoms with van der Waals surface area (Å²) in [5.41, 5.74) is 0. The predicted molar refractivity (Wildman–Crippen MR) is 42.1 cm³/mol. The first-order valence-corrected chi connectivity index (χ1v) is 4.62. The number of rotatable bonds is 4. The van der Waals surface area contributed by atoms with Gasteiger partial charge in [0, 0.05) is 28.3 Å². The van der Waals surface area contributed by atoms with Crippen molar-refractivity contribution in [1.82, 2.24) is 5.32 Å². The van der Waals surface area contributed by atoms with Crippen molar-refractivity contribution in [1.29, 1.82) is 0 Å². The van der Waals surface area contributed by atoms with Gasteiger partial charge in [0.05, 0.1) is 0 Å². The van der Waals surface area contributed by atoms with E-state index in [9.17, 15) is 4.21 Å². The average Bonchev–Trinajstić information content (AvgIpc) is 1.87. The second-order valence-corrected chi connectivity index (χ2v) is 4.18. The summed E-state index contributed by atoms with van der Waals surface area (Å²) in [4.78, 5) is 0. The van der Waals surface area contributed by atoms with Crippen molar-refractivity contribution >= 4 is 10.8 Å². The minimum atomic E-state index is -0.634. The third-order valence-corrected chi connectivity index (χ3v) is 2.86. The van der Waals surface area contributed by atoms with Crippen molar-refractivity contribution in [3.05, 3.63) is 0 Å². The van der Waals surface area contributed by atoms with Gasteiger partial charge in [-0.05, 0) is 14.0 Å². The Morgan fingerprint density at radius 3 is 2.56 bits per heavy atom. The molecule has 0 aromatic heterocycles. The summed E-state index contributed by atoms with van der Waals surface area (Å²) >= 11 is 0. The van der Waals surface area contributed by atoms with Crippen LogP contribution in [0.3, 0.4) is 0 Å². The van der Waals surface area contributed by atoms with E-state index in [0.717, 1.165) is 12.3 Å². The summed E-state index contributed by atoms with van der Waals surface area (Å²) in [7, 11) is 1.24. The van der Waals surface area contributed by atoms with Crippen LogP contribution in [0.5, 0.6) is 0 Å². The molecule has 0 rings (SSSR count). The SMILES string of the molecule is CCS(=O)C(C)CNC. The first-order chi connectivity index (χ1) is 4.22. The molecule has 0 spiro atoms. The van der Waals surface area contributed by atoms with E-state index in [0.29, 0.717) is 5.25 Å². The molecule has 0 aliphatic carbocycles. The van der Waals surface area contributed by atoms with Gasteiger partial charge in [0.1, 0.15) is 0 Å². The lowest BCUT2D eigenvalue weighted by Gasteiger charge is -2.07. The van der Waals surface area contributed by atoms with E-state index in [4.69, 9.17) is 0 Å². The summed E-state index contributed by atoms with van der Waals surface area (Å²) < 4.78 is 11.0. The highest BCUT2D eigenvalue weighted by molar-refractivity contribution is 7.85. The van der Waals surface area contributed by atoms with E-state index in [1.807, 2.05) is 20.9 Å². The second kappa shape index (κ2) is 4.94. The minimum Gasteiger partial charge on any atom is -0.319 e. The molecular weight excluding hydrogens is 134 g/mol. The monoisotopic (exact) mass is 149 g/mol. The van der Waals surface area contributed by atoms with Crippen LogP contribution in [-0.4, -0.2) is 28.8 Å². The molecule has 0 heterocycles. The Morgan fingerprint density at radius 2 is 2.22 bits per heavy atom. The molecule has 0 aromatic carbocycles. The van der Waals surface area contributed by atoms with Gasteiger partial charge in [0.15, 0.2) is 0 Å². The van der Waals surface area contributed by atoms with Crippen LogP contribution >= 0.6 is 0 Å². The molecule has 0 aliphatic rings. The zero-order chi connectivity index (χ0) is 7.28. The largest absolute Gasteiger partial charge is 0.319 e. The van der Waals surface area contributed by atoms with Crippen LogP contribution in [0.2, 0.25) is 0 Å². The summed E-state index contributed by atoms with van der Waals surface area (Å²) in [6.45, 7) is 4.79. The van der Waals surface area contributed by atoms with Gasteiger partial charge in [0.2, 0.25) is 0 Å². The van der Waals surface area contributed by atoms with E-state index in [-0.39, 0.29) is 0 Å². The topological polar surface area (TPSA) is 29.1 Å². The van der Waals surface area contributed by atoms with Gasteiger partial charge in [-0.3, -0.25) is 4.21 Å². The van der Waals surface area contributed by atoms with Gasteiger partial charge in [-0.2, -0.15) is 0 Å². The molecule has 0 saturated heterocycles. The molecule has 0 aromatic rings. The molecule has 0 bridgehead atoms. The molecule has 2 atom stereocenters. The zero-order valence-electron chi connectivity index (χ0n) is 6.31. The van der Waals surface area contributed by atoms with Gasteiger partial charge < -0.3 is 5.32 Å². The van der Waals surface area contributed by atoms with Crippen LogP contribution in [0, 0.1) is 0 Å². The van der Waals surface area contributed by atoms with Crippen molar-refractivity contribution in [3.8, 4) is 0 Å². The van der Waals surface area contributed by atoms with Crippen molar-refractivity contribution < 1.29 is 4.21 Å². The van der Waals surface area contributed by atoms with Gasteiger partial charge in [-0.15, -0.1) is 0 Å². The third kappa shape index (κ3) is 3.65. The molecule has 56 valence electrons. The lowest BCUT2D eigenvalue weighted by Crippen LogP contribution is -2.25. The van der Waals surface area contributed by atoms with E-state index in [1.54, 1.807) is 0 Å². The van der Waals surface area contributed by atoms with E-state index in [1.165, 1.54) is 0 Å². The maximum absolute atomic E-state index is 11.0. The first-order valence-electron chi connectivity index (χ1n) is 3.24. The second-order valence-electron chi connectivity index (χ2n) is 2.04. The molecule has 0 amide bonds. The van der Waals surface area contributed by atoms with E-state index in [2.05, 4.69) is 5.32 Å². The average molecular weight is 149 g/mol. The van der Waals surface area contributed by atoms with E-state index >= 15 is 0 Å². The Balaban J connectivity index is 3.45.